The maximum Gasteiger partial charge on any atom is 0.270 e. The highest BCUT2D eigenvalue weighted by atomic mass is 16.6. The number of benzene rings is 1. The maximum absolute atomic E-state index is 11.4. The van der Waals surface area contributed by atoms with Gasteiger partial charge in [0.2, 0.25) is 5.91 Å². The van der Waals surface area contributed by atoms with Gasteiger partial charge in [-0.25, -0.2) is 0 Å². The second kappa shape index (κ2) is 5.09. The highest BCUT2D eigenvalue weighted by Crippen LogP contribution is 2.19. The molecule has 1 aromatic carbocycles. The Balaban J connectivity index is 2.38. The number of nitro benzene ring substituents is 1. The molecule has 0 unspecified atom stereocenters. The highest BCUT2D eigenvalue weighted by Gasteiger charge is 2.10. The van der Waals surface area contributed by atoms with E-state index < -0.39 is 4.92 Å². The van der Waals surface area contributed by atoms with Gasteiger partial charge in [0, 0.05) is 29.5 Å². The van der Waals surface area contributed by atoms with Crippen molar-refractivity contribution in [1.82, 2.24) is 5.32 Å². The molecule has 0 aromatic heterocycles. The Morgan fingerprint density at radius 1 is 1.17 bits per heavy atom. The monoisotopic (exact) mass is 242 g/mol. The van der Waals surface area contributed by atoms with Crippen LogP contribution in [0.25, 0.3) is 5.70 Å². The van der Waals surface area contributed by atoms with E-state index in [2.05, 4.69) is 5.32 Å². The minimum atomic E-state index is -0.468. The van der Waals surface area contributed by atoms with Crippen LogP contribution in [0.5, 0.6) is 0 Å². The molecule has 18 heavy (non-hydrogen) atoms. The largest absolute Gasteiger partial charge is 0.322 e. The third-order valence-corrected chi connectivity index (χ3v) is 2.36. The molecule has 0 saturated carbocycles. The molecule has 1 amide bonds. The van der Waals surface area contributed by atoms with Gasteiger partial charge in [-0.05, 0) is 6.08 Å². The Morgan fingerprint density at radius 3 is 2.78 bits per heavy atom. The molecule has 0 radical (unpaired) electrons. The summed E-state index contributed by atoms with van der Waals surface area (Å²) in [6.45, 7) is 0. The van der Waals surface area contributed by atoms with E-state index in [1.807, 2.05) is 0 Å². The predicted octanol–water partition coefficient (Wildman–Crippen LogP) is 2.18. The molecule has 0 saturated heterocycles. The summed E-state index contributed by atoms with van der Waals surface area (Å²) >= 11 is 0. The van der Waals surface area contributed by atoms with Gasteiger partial charge in [0.05, 0.1) is 4.92 Å². The predicted molar refractivity (Wildman–Crippen MR) is 67.5 cm³/mol. The Labute approximate surface area is 103 Å². The average Bonchev–Trinajstić information content (AvgIpc) is 2.33. The average molecular weight is 242 g/mol. The number of nitro groups is 1. The number of carbonyl (C=O) groups is 1. The van der Waals surface area contributed by atoms with Crippen LogP contribution in [0.4, 0.5) is 5.69 Å². The standard InChI is InChI=1S/C13H10N2O3/c16-13-8-3-1-2-7-12(14-13)10-5-4-6-11(9-10)15(17)18/h1-9H,(H,14,16). The molecule has 0 spiro atoms. The van der Waals surface area contributed by atoms with Gasteiger partial charge in [0.1, 0.15) is 0 Å². The van der Waals surface area contributed by atoms with Gasteiger partial charge in [-0.15, -0.1) is 0 Å². The second-order valence-electron chi connectivity index (χ2n) is 3.62. The summed E-state index contributed by atoms with van der Waals surface area (Å²) in [5.41, 5.74) is 1.12. The van der Waals surface area contributed by atoms with Crippen molar-refractivity contribution in [2.24, 2.45) is 0 Å². The number of hydrogen-bond acceptors (Lipinski definition) is 3. The zero-order valence-corrected chi connectivity index (χ0v) is 9.37. The van der Waals surface area contributed by atoms with Gasteiger partial charge in [-0.1, -0.05) is 30.4 Å². The summed E-state index contributed by atoms with van der Waals surface area (Å²) in [4.78, 5) is 21.7. The maximum atomic E-state index is 11.4. The minimum Gasteiger partial charge on any atom is -0.322 e. The second-order valence-corrected chi connectivity index (χ2v) is 3.62. The SMILES string of the molecule is O=C1\C=C/C=C\C=C(\c2cccc([N+](=O)[O-])c2)N1. The molecule has 5 nitrogen and oxygen atoms in total. The van der Waals surface area contributed by atoms with E-state index in [0.29, 0.717) is 11.3 Å². The summed E-state index contributed by atoms with van der Waals surface area (Å²) < 4.78 is 0. The lowest BCUT2D eigenvalue weighted by Gasteiger charge is -2.08. The van der Waals surface area contributed by atoms with Gasteiger partial charge >= 0.3 is 0 Å². The number of hydrogen-bond donors (Lipinski definition) is 1. The van der Waals surface area contributed by atoms with Crippen molar-refractivity contribution in [2.75, 3.05) is 0 Å². The van der Waals surface area contributed by atoms with E-state index in [1.165, 1.54) is 18.2 Å². The summed E-state index contributed by atoms with van der Waals surface area (Å²) in [6.07, 6.45) is 8.18. The normalized spacial score (nSPS) is 20.9. The first-order valence-corrected chi connectivity index (χ1v) is 5.27. The Morgan fingerprint density at radius 2 is 2.00 bits per heavy atom. The van der Waals surface area contributed by atoms with Gasteiger partial charge in [-0.2, -0.15) is 0 Å². The quantitative estimate of drug-likeness (QED) is 0.638. The summed E-state index contributed by atoms with van der Waals surface area (Å²) in [6, 6.07) is 6.12. The van der Waals surface area contributed by atoms with Crippen LogP contribution in [0.2, 0.25) is 0 Å². The number of nitrogens with one attached hydrogen (secondary N) is 1. The van der Waals surface area contributed by atoms with Crippen molar-refractivity contribution < 1.29 is 9.72 Å². The van der Waals surface area contributed by atoms with Crippen molar-refractivity contribution in [2.45, 2.75) is 0 Å². The van der Waals surface area contributed by atoms with E-state index >= 15 is 0 Å². The first kappa shape index (κ1) is 11.8. The fourth-order valence-corrected chi connectivity index (χ4v) is 1.53. The van der Waals surface area contributed by atoms with Crippen LogP contribution in [-0.4, -0.2) is 10.8 Å². The highest BCUT2D eigenvalue weighted by molar-refractivity contribution is 5.95. The molecule has 1 aliphatic heterocycles. The van der Waals surface area contributed by atoms with Crippen LogP contribution < -0.4 is 5.32 Å². The minimum absolute atomic E-state index is 0.00997. The zero-order chi connectivity index (χ0) is 13.0. The fraction of sp³-hybridized carbons (Fsp3) is 0. The molecule has 0 atom stereocenters. The molecule has 0 fully saturated rings. The summed E-state index contributed by atoms with van der Waals surface area (Å²) in [7, 11) is 0. The summed E-state index contributed by atoms with van der Waals surface area (Å²) in [5.74, 6) is -0.267. The van der Waals surface area contributed by atoms with Crippen molar-refractivity contribution in [1.29, 1.82) is 0 Å². The number of amides is 1. The van der Waals surface area contributed by atoms with Crippen LogP contribution in [0.15, 0.2) is 54.6 Å². The van der Waals surface area contributed by atoms with E-state index in [0.717, 1.165) is 0 Å². The fourth-order valence-electron chi connectivity index (χ4n) is 1.53. The van der Waals surface area contributed by atoms with Gasteiger partial charge < -0.3 is 5.32 Å². The Hall–Kier alpha value is -2.69. The number of allylic oxidation sites excluding steroid dienone is 4. The van der Waals surface area contributed by atoms with Crippen LogP contribution in [0.3, 0.4) is 0 Å². The molecule has 2 rings (SSSR count). The van der Waals surface area contributed by atoms with Crippen molar-refractivity contribution in [3.05, 3.63) is 70.3 Å². The van der Waals surface area contributed by atoms with E-state index in [4.69, 9.17) is 0 Å². The van der Waals surface area contributed by atoms with E-state index in [9.17, 15) is 14.9 Å². The molecule has 1 N–H and O–H groups in total. The number of carbonyl (C=O) groups excluding carboxylic acids is 1. The number of nitrogens with zero attached hydrogens (tertiary/aromatic N) is 1. The topological polar surface area (TPSA) is 72.2 Å². The van der Waals surface area contributed by atoms with Crippen LogP contribution in [-0.2, 0) is 4.79 Å². The molecule has 0 bridgehead atoms. The van der Waals surface area contributed by atoms with Crippen molar-refractivity contribution >= 4 is 17.3 Å². The van der Waals surface area contributed by atoms with E-state index in [-0.39, 0.29) is 11.6 Å². The zero-order valence-electron chi connectivity index (χ0n) is 9.37. The van der Waals surface area contributed by atoms with Crippen molar-refractivity contribution in [3.63, 3.8) is 0 Å². The molecule has 1 aliphatic rings. The molecule has 1 aromatic rings. The lowest BCUT2D eigenvalue weighted by atomic mass is 10.1. The molecule has 0 aliphatic carbocycles. The first-order chi connectivity index (χ1) is 8.66. The lowest BCUT2D eigenvalue weighted by molar-refractivity contribution is -0.384. The number of rotatable bonds is 2. The third-order valence-electron chi connectivity index (χ3n) is 2.36. The molecule has 5 heteroatoms. The molecular weight excluding hydrogens is 232 g/mol. The smallest absolute Gasteiger partial charge is 0.270 e. The molecule has 1 heterocycles. The molecular formula is C13H10N2O3. The van der Waals surface area contributed by atoms with Crippen molar-refractivity contribution in [3.8, 4) is 0 Å². The Kier molecular flexibility index (Phi) is 3.33. The Bertz CT molecular complexity index is 586. The first-order valence-electron chi connectivity index (χ1n) is 5.27. The third kappa shape index (κ3) is 2.70. The van der Waals surface area contributed by atoms with Gasteiger partial charge in [0.15, 0.2) is 0 Å². The van der Waals surface area contributed by atoms with Crippen LogP contribution >= 0.6 is 0 Å². The van der Waals surface area contributed by atoms with Crippen LogP contribution in [0.1, 0.15) is 5.56 Å². The summed E-state index contributed by atoms with van der Waals surface area (Å²) in [5, 5.41) is 13.4. The van der Waals surface area contributed by atoms with Crippen LogP contribution in [0, 0.1) is 10.1 Å². The van der Waals surface area contributed by atoms with Gasteiger partial charge in [-0.3, -0.25) is 14.9 Å². The van der Waals surface area contributed by atoms with Gasteiger partial charge in [0.25, 0.3) is 5.69 Å². The number of non-ortho nitro benzene ring substituents is 1. The molecule has 90 valence electrons. The van der Waals surface area contributed by atoms with E-state index in [1.54, 1.807) is 36.4 Å². The lowest BCUT2D eigenvalue weighted by Crippen LogP contribution is -2.19.